The summed E-state index contributed by atoms with van der Waals surface area (Å²) in [7, 11) is 0. The van der Waals surface area contributed by atoms with Crippen LogP contribution in [-0.4, -0.2) is 15.0 Å². The van der Waals surface area contributed by atoms with Crippen molar-refractivity contribution in [1.29, 1.82) is 0 Å². The number of rotatable bonds is 2. The van der Waals surface area contributed by atoms with Crippen molar-refractivity contribution >= 4 is 24.8 Å². The van der Waals surface area contributed by atoms with Crippen LogP contribution in [0.25, 0.3) is 22.4 Å². The van der Waals surface area contributed by atoms with E-state index in [1.54, 1.807) is 18.6 Å². The van der Waals surface area contributed by atoms with Gasteiger partial charge in [-0.2, -0.15) is 0 Å². The smallest absolute Gasteiger partial charge is 0.0796 e. The van der Waals surface area contributed by atoms with Crippen molar-refractivity contribution in [3.05, 3.63) is 67.4 Å². The first-order valence-electron chi connectivity index (χ1n) is 5.71. The minimum absolute atomic E-state index is 0. The lowest BCUT2D eigenvalue weighted by Gasteiger charge is -2.07. The maximum atomic E-state index is 4.46. The molecular formula is C15H13Cl2N3. The summed E-state index contributed by atoms with van der Waals surface area (Å²) in [6, 6.07) is 11.9. The molecule has 0 unspecified atom stereocenters. The fraction of sp³-hybridized carbons (Fsp3) is 0. The summed E-state index contributed by atoms with van der Waals surface area (Å²) < 4.78 is 0. The first-order valence-corrected chi connectivity index (χ1v) is 5.71. The third-order valence-electron chi connectivity index (χ3n) is 2.72. The molecule has 5 heteroatoms. The van der Waals surface area contributed by atoms with Crippen molar-refractivity contribution < 1.29 is 0 Å². The zero-order chi connectivity index (χ0) is 12.2. The summed E-state index contributed by atoms with van der Waals surface area (Å²) in [6.45, 7) is 0. The maximum Gasteiger partial charge on any atom is 0.0796 e. The monoisotopic (exact) mass is 305 g/mol. The molecule has 0 aliphatic heterocycles. The van der Waals surface area contributed by atoms with Gasteiger partial charge in [-0.15, -0.1) is 24.8 Å². The third kappa shape index (κ3) is 3.32. The molecular weight excluding hydrogens is 293 g/mol. The van der Waals surface area contributed by atoms with E-state index in [1.807, 2.05) is 48.8 Å². The minimum Gasteiger partial charge on any atom is -0.264 e. The van der Waals surface area contributed by atoms with Gasteiger partial charge in [0.05, 0.1) is 5.69 Å². The van der Waals surface area contributed by atoms with E-state index in [1.165, 1.54) is 0 Å². The summed E-state index contributed by atoms with van der Waals surface area (Å²) in [4.78, 5) is 12.8. The molecule has 0 aliphatic rings. The zero-order valence-corrected chi connectivity index (χ0v) is 12.1. The van der Waals surface area contributed by atoms with Crippen LogP contribution in [0.5, 0.6) is 0 Å². The molecule has 0 radical (unpaired) electrons. The highest BCUT2D eigenvalue weighted by molar-refractivity contribution is 5.85. The summed E-state index contributed by atoms with van der Waals surface area (Å²) in [5.74, 6) is 0. The Morgan fingerprint density at radius 2 is 1.25 bits per heavy atom. The summed E-state index contributed by atoms with van der Waals surface area (Å²) in [5, 5.41) is 0. The Bertz CT molecular complexity index is 587. The molecule has 0 aromatic carbocycles. The predicted octanol–water partition coefficient (Wildman–Crippen LogP) is 4.05. The number of halogens is 2. The number of nitrogens with zero attached hydrogens (tertiary/aromatic N) is 3. The van der Waals surface area contributed by atoms with Crippen LogP contribution in [0.3, 0.4) is 0 Å². The van der Waals surface area contributed by atoms with E-state index in [-0.39, 0.29) is 24.8 Å². The molecule has 0 aliphatic carbocycles. The van der Waals surface area contributed by atoms with Crippen molar-refractivity contribution in [2.24, 2.45) is 0 Å². The van der Waals surface area contributed by atoms with E-state index in [0.717, 1.165) is 22.4 Å². The van der Waals surface area contributed by atoms with Gasteiger partial charge in [0.1, 0.15) is 0 Å². The van der Waals surface area contributed by atoms with Crippen molar-refractivity contribution in [3.63, 3.8) is 0 Å². The average Bonchev–Trinajstić information content (AvgIpc) is 2.49. The van der Waals surface area contributed by atoms with Crippen LogP contribution in [0.1, 0.15) is 0 Å². The topological polar surface area (TPSA) is 38.7 Å². The van der Waals surface area contributed by atoms with Crippen molar-refractivity contribution in [2.75, 3.05) is 0 Å². The fourth-order valence-electron chi connectivity index (χ4n) is 1.89. The quantitative estimate of drug-likeness (QED) is 0.717. The van der Waals surface area contributed by atoms with Crippen LogP contribution in [0, 0.1) is 0 Å². The van der Waals surface area contributed by atoms with E-state index in [4.69, 9.17) is 0 Å². The van der Waals surface area contributed by atoms with Crippen LogP contribution >= 0.6 is 24.8 Å². The number of aromatic nitrogens is 3. The van der Waals surface area contributed by atoms with Crippen LogP contribution < -0.4 is 0 Å². The van der Waals surface area contributed by atoms with E-state index >= 15 is 0 Å². The van der Waals surface area contributed by atoms with E-state index < -0.39 is 0 Å². The number of pyridine rings is 3. The Labute approximate surface area is 130 Å². The Morgan fingerprint density at radius 3 is 1.85 bits per heavy atom. The Balaban J connectivity index is 0.000001000. The molecule has 3 heterocycles. The molecule has 3 rings (SSSR count). The molecule has 3 aromatic rings. The van der Waals surface area contributed by atoms with Crippen molar-refractivity contribution in [3.8, 4) is 22.4 Å². The first-order chi connectivity index (χ1) is 8.95. The van der Waals surface area contributed by atoms with E-state index in [2.05, 4.69) is 15.0 Å². The molecule has 0 atom stereocenters. The summed E-state index contributed by atoms with van der Waals surface area (Å²) in [5.41, 5.74) is 4.07. The largest absolute Gasteiger partial charge is 0.264 e. The Hall–Kier alpha value is -1.97. The molecule has 0 amide bonds. The van der Waals surface area contributed by atoms with Gasteiger partial charge in [0, 0.05) is 47.7 Å². The molecule has 0 fully saturated rings. The maximum absolute atomic E-state index is 4.46. The molecule has 0 saturated carbocycles. The fourth-order valence-corrected chi connectivity index (χ4v) is 1.89. The van der Waals surface area contributed by atoms with Gasteiger partial charge in [-0.05, 0) is 24.3 Å². The molecule has 3 nitrogen and oxygen atoms in total. The molecule has 102 valence electrons. The Morgan fingerprint density at radius 1 is 0.650 bits per heavy atom. The Kier molecular flexibility index (Phi) is 6.10. The molecule has 3 aromatic heterocycles. The molecule has 0 bridgehead atoms. The zero-order valence-electron chi connectivity index (χ0n) is 10.5. The van der Waals surface area contributed by atoms with Gasteiger partial charge in [0.25, 0.3) is 0 Å². The van der Waals surface area contributed by atoms with Gasteiger partial charge in [0.15, 0.2) is 0 Å². The lowest BCUT2D eigenvalue weighted by Crippen LogP contribution is -1.89. The predicted molar refractivity (Wildman–Crippen MR) is 85.2 cm³/mol. The van der Waals surface area contributed by atoms with Crippen LogP contribution in [0.4, 0.5) is 0 Å². The number of hydrogen-bond acceptors (Lipinski definition) is 3. The first kappa shape index (κ1) is 16.1. The van der Waals surface area contributed by atoms with E-state index in [0.29, 0.717) is 0 Å². The van der Waals surface area contributed by atoms with E-state index in [9.17, 15) is 0 Å². The summed E-state index contributed by atoms with van der Waals surface area (Å²) >= 11 is 0. The van der Waals surface area contributed by atoms with Gasteiger partial charge >= 0.3 is 0 Å². The van der Waals surface area contributed by atoms with Crippen molar-refractivity contribution in [2.45, 2.75) is 0 Å². The number of hydrogen-bond donors (Lipinski definition) is 0. The second kappa shape index (κ2) is 7.58. The highest BCUT2D eigenvalue weighted by Crippen LogP contribution is 2.28. The summed E-state index contributed by atoms with van der Waals surface area (Å²) in [6.07, 6.45) is 8.99. The lowest BCUT2D eigenvalue weighted by atomic mass is 10.0. The van der Waals surface area contributed by atoms with Gasteiger partial charge in [-0.3, -0.25) is 15.0 Å². The molecule has 0 spiro atoms. The van der Waals surface area contributed by atoms with Gasteiger partial charge in [0.2, 0.25) is 0 Å². The molecule has 0 N–H and O–H groups in total. The standard InChI is InChI=1S/C15H11N3.2ClH/c1-4-12(10-16-7-1)14-6-3-9-18-15(14)13-5-2-8-17-11-13;;/h1-11H;2*1H. The van der Waals surface area contributed by atoms with Crippen LogP contribution in [0.2, 0.25) is 0 Å². The SMILES string of the molecule is Cl.Cl.c1cncc(-c2cccnc2-c2cccnc2)c1. The normalized spacial score (nSPS) is 9.20. The highest BCUT2D eigenvalue weighted by Gasteiger charge is 2.07. The van der Waals surface area contributed by atoms with Gasteiger partial charge < -0.3 is 0 Å². The van der Waals surface area contributed by atoms with Gasteiger partial charge in [-0.1, -0.05) is 12.1 Å². The molecule has 20 heavy (non-hydrogen) atoms. The van der Waals surface area contributed by atoms with Crippen molar-refractivity contribution in [1.82, 2.24) is 15.0 Å². The highest BCUT2D eigenvalue weighted by atomic mass is 35.5. The lowest BCUT2D eigenvalue weighted by molar-refractivity contribution is 1.27. The third-order valence-corrected chi connectivity index (χ3v) is 2.72. The van der Waals surface area contributed by atoms with Crippen LogP contribution in [-0.2, 0) is 0 Å². The second-order valence-electron chi connectivity index (χ2n) is 3.88. The van der Waals surface area contributed by atoms with Crippen LogP contribution in [0.15, 0.2) is 67.4 Å². The van der Waals surface area contributed by atoms with Gasteiger partial charge in [-0.25, -0.2) is 0 Å². The average molecular weight is 306 g/mol. The second-order valence-corrected chi connectivity index (χ2v) is 3.88. The minimum atomic E-state index is 0. The molecule has 0 saturated heterocycles.